The van der Waals surface area contributed by atoms with E-state index >= 15 is 0 Å². The van der Waals surface area contributed by atoms with Crippen molar-refractivity contribution < 1.29 is 4.79 Å². The van der Waals surface area contributed by atoms with Crippen LogP contribution in [0.25, 0.3) is 0 Å². The van der Waals surface area contributed by atoms with Gasteiger partial charge in [0.2, 0.25) is 0 Å². The number of nitrogens with zero attached hydrogens (tertiary/aromatic N) is 3. The zero-order valence-electron chi connectivity index (χ0n) is 14.5. The molecule has 1 aliphatic heterocycles. The number of amides is 1. The van der Waals surface area contributed by atoms with Gasteiger partial charge >= 0.3 is 0 Å². The predicted molar refractivity (Wildman–Crippen MR) is 100 cm³/mol. The molecule has 1 unspecified atom stereocenters. The van der Waals surface area contributed by atoms with Gasteiger partial charge in [0.25, 0.3) is 5.91 Å². The van der Waals surface area contributed by atoms with Gasteiger partial charge in [-0.15, -0.1) is 17.5 Å². The summed E-state index contributed by atoms with van der Waals surface area (Å²) >= 11 is 0. The Morgan fingerprint density at radius 2 is 2.04 bits per heavy atom. The van der Waals surface area contributed by atoms with Gasteiger partial charge in [-0.25, -0.2) is 4.68 Å². The Morgan fingerprint density at radius 1 is 1.32 bits per heavy atom. The van der Waals surface area contributed by atoms with Crippen molar-refractivity contribution in [1.29, 1.82) is 0 Å². The van der Waals surface area contributed by atoms with Crippen LogP contribution in [0.15, 0.2) is 36.5 Å². The lowest BCUT2D eigenvalue weighted by Gasteiger charge is -2.22. The molecule has 0 spiro atoms. The number of carbonyl (C=O) groups excluding carboxylic acids is 1. The molecule has 0 saturated carbocycles. The zero-order valence-corrected chi connectivity index (χ0v) is 15.3. The molecule has 0 aliphatic carbocycles. The summed E-state index contributed by atoms with van der Waals surface area (Å²) in [6.45, 7) is 4.00. The quantitative estimate of drug-likeness (QED) is 0.826. The molecule has 136 valence electrons. The number of piperidine rings is 1. The van der Waals surface area contributed by atoms with Gasteiger partial charge in [0.15, 0.2) is 5.69 Å². The smallest absolute Gasteiger partial charge is 0.273 e. The zero-order chi connectivity index (χ0) is 16.8. The summed E-state index contributed by atoms with van der Waals surface area (Å²) in [6.07, 6.45) is 5.67. The third kappa shape index (κ3) is 5.54. The van der Waals surface area contributed by atoms with Crippen molar-refractivity contribution in [3.05, 3.63) is 47.8 Å². The molecule has 3 rings (SSSR count). The van der Waals surface area contributed by atoms with Gasteiger partial charge in [-0.1, -0.05) is 35.5 Å². The maximum Gasteiger partial charge on any atom is 0.273 e. The largest absolute Gasteiger partial charge is 0.348 e. The number of hydrogen-bond acceptors (Lipinski definition) is 4. The number of hydrogen-bond donors (Lipinski definition) is 2. The average Bonchev–Trinajstić information content (AvgIpc) is 3.12. The minimum Gasteiger partial charge on any atom is -0.348 e. The SMILES string of the molecule is CC(CCc1ccccc1)NC(=O)c1cn(C2CCNCC2)nn1.Cl. The fourth-order valence-corrected chi connectivity index (χ4v) is 3.03. The Kier molecular flexibility index (Phi) is 7.40. The predicted octanol–water partition coefficient (Wildman–Crippen LogP) is 2.38. The van der Waals surface area contributed by atoms with Gasteiger partial charge in [-0.2, -0.15) is 0 Å². The van der Waals surface area contributed by atoms with E-state index in [0.29, 0.717) is 11.7 Å². The molecule has 1 atom stereocenters. The second-order valence-corrected chi connectivity index (χ2v) is 6.46. The summed E-state index contributed by atoms with van der Waals surface area (Å²) in [5.74, 6) is -0.143. The first-order chi connectivity index (χ1) is 11.7. The molecular formula is C18H26ClN5O. The van der Waals surface area contributed by atoms with Crippen molar-refractivity contribution in [1.82, 2.24) is 25.6 Å². The van der Waals surface area contributed by atoms with E-state index in [9.17, 15) is 4.79 Å². The van der Waals surface area contributed by atoms with Gasteiger partial charge in [0, 0.05) is 6.04 Å². The minimum absolute atomic E-state index is 0. The third-order valence-electron chi connectivity index (χ3n) is 4.51. The standard InChI is InChI=1S/C18H25N5O.ClH/c1-14(7-8-15-5-3-2-4-6-15)20-18(24)17-13-23(22-21-17)16-9-11-19-12-10-16;/h2-6,13-14,16,19H,7-12H2,1H3,(H,20,24);1H. The molecule has 1 saturated heterocycles. The van der Waals surface area contributed by atoms with E-state index in [0.717, 1.165) is 38.8 Å². The molecule has 1 aromatic carbocycles. The van der Waals surface area contributed by atoms with Gasteiger partial charge < -0.3 is 10.6 Å². The number of nitrogens with one attached hydrogen (secondary N) is 2. The summed E-state index contributed by atoms with van der Waals surface area (Å²) < 4.78 is 1.84. The van der Waals surface area contributed by atoms with E-state index in [1.54, 1.807) is 6.20 Å². The van der Waals surface area contributed by atoms with Crippen LogP contribution in [0.1, 0.15) is 48.3 Å². The van der Waals surface area contributed by atoms with Crippen molar-refractivity contribution in [3.8, 4) is 0 Å². The first-order valence-corrected chi connectivity index (χ1v) is 8.69. The second-order valence-electron chi connectivity index (χ2n) is 6.46. The number of benzene rings is 1. The lowest BCUT2D eigenvalue weighted by atomic mass is 10.1. The summed E-state index contributed by atoms with van der Waals surface area (Å²) in [7, 11) is 0. The molecule has 25 heavy (non-hydrogen) atoms. The Labute approximate surface area is 154 Å². The Morgan fingerprint density at radius 3 is 2.76 bits per heavy atom. The molecule has 2 N–H and O–H groups in total. The molecule has 6 nitrogen and oxygen atoms in total. The van der Waals surface area contributed by atoms with Crippen LogP contribution in [0.3, 0.4) is 0 Å². The molecule has 1 fully saturated rings. The van der Waals surface area contributed by atoms with Crippen LogP contribution in [-0.2, 0) is 6.42 Å². The lowest BCUT2D eigenvalue weighted by molar-refractivity contribution is 0.0933. The molecule has 1 amide bonds. The van der Waals surface area contributed by atoms with E-state index < -0.39 is 0 Å². The fraction of sp³-hybridized carbons (Fsp3) is 0.500. The number of aryl methyl sites for hydroxylation is 1. The van der Waals surface area contributed by atoms with Gasteiger partial charge in [-0.05, 0) is 51.3 Å². The summed E-state index contributed by atoms with van der Waals surface area (Å²) in [5, 5.41) is 14.5. The maximum atomic E-state index is 12.3. The number of rotatable bonds is 6. The van der Waals surface area contributed by atoms with Crippen molar-refractivity contribution in [2.24, 2.45) is 0 Å². The highest BCUT2D eigenvalue weighted by Crippen LogP contribution is 2.17. The molecule has 2 heterocycles. The van der Waals surface area contributed by atoms with Crippen LogP contribution in [0.2, 0.25) is 0 Å². The van der Waals surface area contributed by atoms with Gasteiger partial charge in [-0.3, -0.25) is 4.79 Å². The Hall–Kier alpha value is -1.92. The highest BCUT2D eigenvalue weighted by Gasteiger charge is 2.19. The van der Waals surface area contributed by atoms with Crippen LogP contribution in [-0.4, -0.2) is 40.0 Å². The highest BCUT2D eigenvalue weighted by molar-refractivity contribution is 5.92. The van der Waals surface area contributed by atoms with Crippen molar-refractivity contribution >= 4 is 18.3 Å². The summed E-state index contributed by atoms with van der Waals surface area (Å²) in [5.41, 5.74) is 1.69. The van der Waals surface area contributed by atoms with Crippen molar-refractivity contribution in [2.45, 2.75) is 44.7 Å². The number of carbonyl (C=O) groups is 1. The van der Waals surface area contributed by atoms with Crippen LogP contribution in [0.4, 0.5) is 0 Å². The Bertz CT molecular complexity index is 654. The minimum atomic E-state index is -0.143. The molecule has 2 aromatic rings. The number of halogens is 1. The second kappa shape index (κ2) is 9.53. The molecule has 7 heteroatoms. The average molecular weight is 364 g/mol. The summed E-state index contributed by atoms with van der Waals surface area (Å²) in [6, 6.07) is 10.8. The van der Waals surface area contributed by atoms with Crippen LogP contribution in [0.5, 0.6) is 0 Å². The van der Waals surface area contributed by atoms with Crippen LogP contribution >= 0.6 is 12.4 Å². The first kappa shape index (κ1) is 19.4. The number of aromatic nitrogens is 3. The van der Waals surface area contributed by atoms with E-state index in [-0.39, 0.29) is 24.4 Å². The monoisotopic (exact) mass is 363 g/mol. The highest BCUT2D eigenvalue weighted by atomic mass is 35.5. The van der Waals surface area contributed by atoms with Crippen molar-refractivity contribution in [2.75, 3.05) is 13.1 Å². The fourth-order valence-electron chi connectivity index (χ4n) is 3.03. The molecule has 1 aliphatic rings. The summed E-state index contributed by atoms with van der Waals surface area (Å²) in [4.78, 5) is 12.3. The van der Waals surface area contributed by atoms with Crippen LogP contribution in [0, 0.1) is 0 Å². The van der Waals surface area contributed by atoms with E-state index in [1.807, 2.05) is 29.8 Å². The van der Waals surface area contributed by atoms with E-state index in [2.05, 4.69) is 33.1 Å². The third-order valence-corrected chi connectivity index (χ3v) is 4.51. The topological polar surface area (TPSA) is 71.8 Å². The van der Waals surface area contributed by atoms with Gasteiger partial charge in [0.1, 0.15) is 0 Å². The normalized spacial score (nSPS) is 16.0. The van der Waals surface area contributed by atoms with Gasteiger partial charge in [0.05, 0.1) is 12.2 Å². The van der Waals surface area contributed by atoms with E-state index in [1.165, 1.54) is 5.56 Å². The lowest BCUT2D eigenvalue weighted by Crippen LogP contribution is -2.33. The van der Waals surface area contributed by atoms with Crippen LogP contribution < -0.4 is 10.6 Å². The molecular weight excluding hydrogens is 338 g/mol. The Balaban J connectivity index is 0.00000225. The first-order valence-electron chi connectivity index (χ1n) is 8.69. The molecule has 1 aromatic heterocycles. The maximum absolute atomic E-state index is 12.3. The van der Waals surface area contributed by atoms with Crippen molar-refractivity contribution in [3.63, 3.8) is 0 Å². The molecule has 0 radical (unpaired) electrons. The van der Waals surface area contributed by atoms with E-state index in [4.69, 9.17) is 0 Å². The molecule has 0 bridgehead atoms.